The van der Waals surface area contributed by atoms with Crippen LogP contribution in [-0.2, 0) is 22.7 Å². The van der Waals surface area contributed by atoms with Gasteiger partial charge in [0.25, 0.3) is 0 Å². The number of fused-ring (bicyclic) bond motifs is 1. The van der Waals surface area contributed by atoms with Crippen LogP contribution >= 0.6 is 27.5 Å². The first-order valence-electron chi connectivity index (χ1n) is 10.7. The first-order chi connectivity index (χ1) is 16.6. The Hall–Kier alpha value is -2.85. The van der Waals surface area contributed by atoms with Gasteiger partial charge in [-0.05, 0) is 41.1 Å². The molecule has 1 aliphatic rings. The lowest BCUT2D eigenvalue weighted by Gasteiger charge is -2.24. The fourth-order valence-electron chi connectivity index (χ4n) is 4.23. The van der Waals surface area contributed by atoms with E-state index in [1.807, 2.05) is 0 Å². The van der Waals surface area contributed by atoms with Gasteiger partial charge in [0.05, 0.1) is 21.6 Å². The molecule has 1 N–H and O–H groups in total. The maximum atomic E-state index is 14.3. The molecular weight excluding hydrogens is 551 g/mol. The third-order valence-corrected chi connectivity index (χ3v) is 6.87. The molecule has 0 saturated carbocycles. The maximum absolute atomic E-state index is 14.3. The van der Waals surface area contributed by atoms with Crippen molar-refractivity contribution in [3.63, 3.8) is 0 Å². The second-order valence-electron chi connectivity index (χ2n) is 8.34. The van der Waals surface area contributed by atoms with Crippen LogP contribution in [0.5, 0.6) is 0 Å². The van der Waals surface area contributed by atoms with E-state index in [0.29, 0.717) is 10.9 Å². The number of amides is 2. The lowest BCUT2D eigenvalue weighted by Crippen LogP contribution is -2.46. The summed E-state index contributed by atoms with van der Waals surface area (Å²) in [6.45, 7) is 0.587. The van der Waals surface area contributed by atoms with Crippen molar-refractivity contribution in [1.82, 2.24) is 14.8 Å². The van der Waals surface area contributed by atoms with Crippen molar-refractivity contribution in [3.05, 3.63) is 68.8 Å². The minimum atomic E-state index is -1.41. The Morgan fingerprint density at radius 1 is 1.23 bits per heavy atom. The van der Waals surface area contributed by atoms with Gasteiger partial charge in [-0.25, -0.2) is 13.2 Å². The first kappa shape index (κ1) is 25.2. The SMILES string of the molecule is CC(=O)c1cn(CC(=O)N2CC(F)CC2C(=O)NCc2cccc(Cl)c2F)c2cc(Br)c(F)cc12. The maximum Gasteiger partial charge on any atom is 0.243 e. The summed E-state index contributed by atoms with van der Waals surface area (Å²) in [5.74, 6) is -2.70. The molecule has 3 aromatic rings. The predicted molar refractivity (Wildman–Crippen MR) is 128 cm³/mol. The summed E-state index contributed by atoms with van der Waals surface area (Å²) < 4.78 is 44.1. The molecule has 2 unspecified atom stereocenters. The van der Waals surface area contributed by atoms with Crippen molar-refractivity contribution in [3.8, 4) is 0 Å². The molecule has 11 heteroatoms. The van der Waals surface area contributed by atoms with Gasteiger partial charge in [-0.2, -0.15) is 0 Å². The van der Waals surface area contributed by atoms with Gasteiger partial charge < -0.3 is 14.8 Å². The molecule has 1 aliphatic heterocycles. The Kier molecular flexibility index (Phi) is 7.23. The van der Waals surface area contributed by atoms with Crippen LogP contribution in [0.2, 0.25) is 5.02 Å². The lowest BCUT2D eigenvalue weighted by atomic mass is 10.1. The number of hydrogen-bond acceptors (Lipinski definition) is 3. The molecule has 1 fully saturated rings. The molecule has 184 valence electrons. The number of Topliss-reactive ketones (excluding diaryl/α,β-unsaturated/α-hetero) is 1. The molecule has 0 spiro atoms. The second-order valence-corrected chi connectivity index (χ2v) is 9.60. The number of carbonyl (C=O) groups is 3. The Labute approximate surface area is 212 Å². The zero-order chi connectivity index (χ0) is 25.4. The van der Waals surface area contributed by atoms with E-state index in [1.165, 1.54) is 48.0 Å². The number of benzene rings is 2. The van der Waals surface area contributed by atoms with Gasteiger partial charge in [0.15, 0.2) is 5.78 Å². The highest BCUT2D eigenvalue weighted by atomic mass is 79.9. The standard InChI is InChI=1S/C24H20BrClF3N3O3/c1-12(33)16-10-31(20-7-17(25)19(28)6-15(16)20)11-22(34)32-9-14(27)5-21(32)24(35)30-8-13-3-2-4-18(26)23(13)29/h2-4,6-7,10,14,21H,5,8-9,11H2,1H3,(H,30,35). The van der Waals surface area contributed by atoms with Gasteiger partial charge in [-0.1, -0.05) is 23.7 Å². The molecule has 0 bridgehead atoms. The van der Waals surface area contributed by atoms with E-state index in [9.17, 15) is 27.6 Å². The van der Waals surface area contributed by atoms with Gasteiger partial charge in [0.1, 0.15) is 30.4 Å². The van der Waals surface area contributed by atoms with Crippen LogP contribution in [-0.4, -0.2) is 45.8 Å². The fraction of sp³-hybridized carbons (Fsp3) is 0.292. The van der Waals surface area contributed by atoms with E-state index in [4.69, 9.17) is 11.6 Å². The summed E-state index contributed by atoms with van der Waals surface area (Å²) >= 11 is 8.87. The predicted octanol–water partition coefficient (Wildman–Crippen LogP) is 4.79. The van der Waals surface area contributed by atoms with E-state index in [0.717, 1.165) is 4.90 Å². The van der Waals surface area contributed by atoms with Crippen LogP contribution in [0, 0.1) is 11.6 Å². The van der Waals surface area contributed by atoms with Crippen LogP contribution in [0.4, 0.5) is 13.2 Å². The summed E-state index contributed by atoms with van der Waals surface area (Å²) in [5, 5.41) is 2.80. The summed E-state index contributed by atoms with van der Waals surface area (Å²) in [6.07, 6.45) is -0.163. The molecule has 0 radical (unpaired) electrons. The van der Waals surface area contributed by atoms with E-state index in [-0.39, 0.29) is 52.5 Å². The van der Waals surface area contributed by atoms with Gasteiger partial charge in [0, 0.05) is 35.7 Å². The smallest absolute Gasteiger partial charge is 0.243 e. The largest absolute Gasteiger partial charge is 0.350 e. The van der Waals surface area contributed by atoms with Crippen molar-refractivity contribution in [2.45, 2.75) is 38.6 Å². The van der Waals surface area contributed by atoms with E-state index >= 15 is 0 Å². The summed E-state index contributed by atoms with van der Waals surface area (Å²) in [4.78, 5) is 39.1. The molecule has 1 aromatic heterocycles. The molecule has 4 rings (SSSR count). The molecular formula is C24H20BrClF3N3O3. The number of likely N-dealkylation sites (tertiary alicyclic amines) is 1. The van der Waals surface area contributed by atoms with Gasteiger partial charge in [0.2, 0.25) is 11.8 Å². The molecule has 2 atom stereocenters. The number of hydrogen-bond donors (Lipinski definition) is 1. The number of nitrogens with zero attached hydrogens (tertiary/aromatic N) is 2. The molecule has 1 saturated heterocycles. The van der Waals surface area contributed by atoms with Gasteiger partial charge in [-0.15, -0.1) is 0 Å². The average Bonchev–Trinajstić information content (AvgIpc) is 3.36. The van der Waals surface area contributed by atoms with Crippen molar-refractivity contribution < 1.29 is 27.6 Å². The van der Waals surface area contributed by atoms with Crippen molar-refractivity contribution in [2.24, 2.45) is 0 Å². The number of halogens is 5. The van der Waals surface area contributed by atoms with Gasteiger partial charge in [-0.3, -0.25) is 14.4 Å². The van der Waals surface area contributed by atoms with Crippen molar-refractivity contribution in [1.29, 1.82) is 0 Å². The third kappa shape index (κ3) is 5.08. The quantitative estimate of drug-likeness (QED) is 0.433. The topological polar surface area (TPSA) is 71.4 Å². The Bertz CT molecular complexity index is 1350. The van der Waals surface area contributed by atoms with Crippen LogP contribution in [0.25, 0.3) is 10.9 Å². The monoisotopic (exact) mass is 569 g/mol. The van der Waals surface area contributed by atoms with Crippen LogP contribution in [0.3, 0.4) is 0 Å². The number of alkyl halides is 1. The zero-order valence-electron chi connectivity index (χ0n) is 18.5. The van der Waals surface area contributed by atoms with Crippen LogP contribution in [0.1, 0.15) is 29.3 Å². The summed E-state index contributed by atoms with van der Waals surface area (Å²) in [7, 11) is 0. The van der Waals surface area contributed by atoms with Crippen LogP contribution < -0.4 is 5.32 Å². The minimum absolute atomic E-state index is 0.0892. The Morgan fingerprint density at radius 2 is 1.97 bits per heavy atom. The third-order valence-electron chi connectivity index (χ3n) is 5.97. The number of aromatic nitrogens is 1. The fourth-order valence-corrected chi connectivity index (χ4v) is 4.75. The Balaban J connectivity index is 1.54. The number of ketones is 1. The molecule has 2 heterocycles. The average molecular weight is 571 g/mol. The minimum Gasteiger partial charge on any atom is -0.350 e. The number of nitrogens with one attached hydrogen (secondary N) is 1. The van der Waals surface area contributed by atoms with Crippen molar-refractivity contribution >= 4 is 56.0 Å². The molecule has 6 nitrogen and oxygen atoms in total. The molecule has 2 amide bonds. The Morgan fingerprint density at radius 3 is 2.69 bits per heavy atom. The second kappa shape index (κ2) is 10.0. The van der Waals surface area contributed by atoms with Crippen molar-refractivity contribution in [2.75, 3.05) is 6.54 Å². The van der Waals surface area contributed by atoms with E-state index < -0.39 is 35.7 Å². The molecule has 0 aliphatic carbocycles. The number of rotatable bonds is 6. The first-order valence-corrected chi connectivity index (χ1v) is 11.9. The number of carbonyl (C=O) groups excluding carboxylic acids is 3. The molecule has 35 heavy (non-hydrogen) atoms. The normalized spacial score (nSPS) is 17.7. The highest BCUT2D eigenvalue weighted by Gasteiger charge is 2.39. The highest BCUT2D eigenvalue weighted by molar-refractivity contribution is 9.10. The van der Waals surface area contributed by atoms with Crippen LogP contribution in [0.15, 0.2) is 41.0 Å². The zero-order valence-corrected chi connectivity index (χ0v) is 20.8. The lowest BCUT2D eigenvalue weighted by molar-refractivity contribution is -0.139. The van der Waals surface area contributed by atoms with E-state index in [1.54, 1.807) is 0 Å². The molecule has 2 aromatic carbocycles. The van der Waals surface area contributed by atoms with E-state index in [2.05, 4.69) is 21.2 Å². The summed E-state index contributed by atoms with van der Waals surface area (Å²) in [5.41, 5.74) is 0.832. The van der Waals surface area contributed by atoms with Gasteiger partial charge >= 0.3 is 0 Å². The summed E-state index contributed by atoms with van der Waals surface area (Å²) in [6, 6.07) is 5.95. The highest BCUT2D eigenvalue weighted by Crippen LogP contribution is 2.29.